The van der Waals surface area contributed by atoms with Gasteiger partial charge in [-0.3, -0.25) is 0 Å². The molecule has 5 heteroatoms. The van der Waals surface area contributed by atoms with Crippen molar-refractivity contribution in [1.29, 1.82) is 0 Å². The summed E-state index contributed by atoms with van der Waals surface area (Å²) in [6.07, 6.45) is 1.47. The van der Waals surface area contributed by atoms with Crippen LogP contribution >= 0.6 is 11.6 Å². The molecule has 0 bridgehead atoms. The smallest absolute Gasteiger partial charge is 0.235 e. The van der Waals surface area contributed by atoms with E-state index in [1.807, 2.05) is 0 Å². The molecule has 2 rings (SSSR count). The summed E-state index contributed by atoms with van der Waals surface area (Å²) in [5, 5.41) is 0.450. The first kappa shape index (κ1) is 10.0. The summed E-state index contributed by atoms with van der Waals surface area (Å²) < 4.78 is 10.7. The fourth-order valence-corrected chi connectivity index (χ4v) is 1.63. The van der Waals surface area contributed by atoms with Gasteiger partial charge in [0.05, 0.1) is 11.6 Å². The topological polar surface area (TPSA) is 47.9 Å². The predicted molar refractivity (Wildman–Crippen MR) is 54.3 cm³/mol. The van der Waals surface area contributed by atoms with Crippen LogP contribution in [0.25, 0.3) is 0 Å². The Bertz CT molecular complexity index is 427. The molecular formula is C10H8ClNO3. The van der Waals surface area contributed by atoms with Gasteiger partial charge in [-0.1, -0.05) is 17.7 Å². The van der Waals surface area contributed by atoms with Gasteiger partial charge in [0.25, 0.3) is 0 Å². The maximum Gasteiger partial charge on any atom is 0.235 e. The number of ether oxygens (including phenoxy) is 2. The third-order valence-electron chi connectivity index (χ3n) is 2.04. The van der Waals surface area contributed by atoms with E-state index in [0.717, 1.165) is 5.56 Å². The van der Waals surface area contributed by atoms with E-state index < -0.39 is 0 Å². The van der Waals surface area contributed by atoms with Crippen LogP contribution in [0.4, 0.5) is 0 Å². The Morgan fingerprint density at radius 3 is 3.00 bits per heavy atom. The van der Waals surface area contributed by atoms with Crippen molar-refractivity contribution in [2.75, 3.05) is 13.2 Å². The van der Waals surface area contributed by atoms with Gasteiger partial charge in [-0.15, -0.1) is 0 Å². The fourth-order valence-electron chi connectivity index (χ4n) is 1.36. The lowest BCUT2D eigenvalue weighted by atomic mass is 10.2. The van der Waals surface area contributed by atoms with Gasteiger partial charge in [0, 0.05) is 0 Å². The minimum absolute atomic E-state index is 0.207. The zero-order valence-corrected chi connectivity index (χ0v) is 8.58. The maximum atomic E-state index is 9.99. The first-order valence-electron chi connectivity index (χ1n) is 4.43. The zero-order valence-electron chi connectivity index (χ0n) is 7.83. The van der Waals surface area contributed by atoms with Gasteiger partial charge < -0.3 is 9.47 Å². The second-order valence-corrected chi connectivity index (χ2v) is 3.35. The molecular weight excluding hydrogens is 218 g/mol. The number of hydrogen-bond acceptors (Lipinski definition) is 4. The maximum absolute atomic E-state index is 9.99. The Morgan fingerprint density at radius 1 is 1.40 bits per heavy atom. The van der Waals surface area contributed by atoms with E-state index in [2.05, 4.69) is 4.99 Å². The third kappa shape index (κ3) is 1.96. The molecule has 0 spiro atoms. The summed E-state index contributed by atoms with van der Waals surface area (Å²) in [6, 6.07) is 3.52. The molecule has 0 saturated heterocycles. The second kappa shape index (κ2) is 4.34. The van der Waals surface area contributed by atoms with Gasteiger partial charge in [0.15, 0.2) is 11.5 Å². The molecule has 0 N–H and O–H groups in total. The van der Waals surface area contributed by atoms with Gasteiger partial charge in [-0.2, -0.15) is 0 Å². The average Bonchev–Trinajstić information content (AvgIpc) is 2.29. The van der Waals surface area contributed by atoms with Gasteiger partial charge in [-0.25, -0.2) is 9.79 Å². The molecule has 4 nitrogen and oxygen atoms in total. The van der Waals surface area contributed by atoms with Gasteiger partial charge in [0.1, 0.15) is 13.2 Å². The number of isocyanates is 1. The minimum Gasteiger partial charge on any atom is -0.486 e. The summed E-state index contributed by atoms with van der Waals surface area (Å²) in [6.45, 7) is 1.21. The van der Waals surface area contributed by atoms with Crippen molar-refractivity contribution in [2.24, 2.45) is 4.99 Å². The Morgan fingerprint density at radius 2 is 2.20 bits per heavy atom. The van der Waals surface area contributed by atoms with Crippen LogP contribution in [0.5, 0.6) is 11.5 Å². The molecule has 0 aliphatic carbocycles. The molecule has 0 unspecified atom stereocenters. The molecule has 0 aromatic heterocycles. The summed E-state index contributed by atoms with van der Waals surface area (Å²) >= 11 is 6.07. The molecule has 1 heterocycles. The minimum atomic E-state index is 0.207. The summed E-state index contributed by atoms with van der Waals surface area (Å²) in [7, 11) is 0. The number of benzene rings is 1. The van der Waals surface area contributed by atoms with Crippen LogP contribution in [-0.2, 0) is 11.3 Å². The summed E-state index contributed by atoms with van der Waals surface area (Å²) in [5.41, 5.74) is 0.726. The van der Waals surface area contributed by atoms with Crippen LogP contribution in [0.1, 0.15) is 5.56 Å². The summed E-state index contributed by atoms with van der Waals surface area (Å²) in [4.78, 5) is 13.5. The highest BCUT2D eigenvalue weighted by Gasteiger charge is 2.17. The summed E-state index contributed by atoms with van der Waals surface area (Å²) in [5.74, 6) is 1.16. The lowest BCUT2D eigenvalue weighted by molar-refractivity contribution is 0.171. The van der Waals surface area contributed by atoms with E-state index >= 15 is 0 Å². The Hall–Kier alpha value is -1.51. The predicted octanol–water partition coefficient (Wildman–Crippen LogP) is 1.95. The third-order valence-corrected chi connectivity index (χ3v) is 2.46. The largest absolute Gasteiger partial charge is 0.486 e. The van der Waals surface area contributed by atoms with Crippen LogP contribution < -0.4 is 9.47 Å². The molecule has 78 valence electrons. The number of nitrogens with zero attached hydrogens (tertiary/aromatic N) is 1. The van der Waals surface area contributed by atoms with E-state index in [9.17, 15) is 4.79 Å². The highest BCUT2D eigenvalue weighted by Crippen LogP contribution is 2.39. The molecule has 0 atom stereocenters. The van der Waals surface area contributed by atoms with E-state index in [-0.39, 0.29) is 6.54 Å². The fraction of sp³-hybridized carbons (Fsp3) is 0.300. The molecule has 0 amide bonds. The Balaban J connectivity index is 2.38. The van der Waals surface area contributed by atoms with Crippen molar-refractivity contribution in [1.82, 2.24) is 0 Å². The van der Waals surface area contributed by atoms with E-state index in [4.69, 9.17) is 21.1 Å². The number of halogens is 1. The van der Waals surface area contributed by atoms with Gasteiger partial charge in [-0.05, 0) is 11.6 Å². The Kier molecular flexibility index (Phi) is 2.90. The van der Waals surface area contributed by atoms with Crippen molar-refractivity contribution in [3.05, 3.63) is 22.7 Å². The van der Waals surface area contributed by atoms with Crippen molar-refractivity contribution < 1.29 is 14.3 Å². The quantitative estimate of drug-likeness (QED) is 0.571. The molecule has 0 fully saturated rings. The van der Waals surface area contributed by atoms with Crippen LogP contribution in [0.2, 0.25) is 5.02 Å². The van der Waals surface area contributed by atoms with Crippen LogP contribution in [0.3, 0.4) is 0 Å². The van der Waals surface area contributed by atoms with Crippen LogP contribution in [0.15, 0.2) is 17.1 Å². The molecule has 1 aliphatic heterocycles. The molecule has 1 aliphatic rings. The number of hydrogen-bond donors (Lipinski definition) is 0. The molecule has 0 saturated carbocycles. The van der Waals surface area contributed by atoms with E-state index in [1.165, 1.54) is 6.08 Å². The standard InChI is InChI=1S/C10H8ClNO3/c11-9-7(5-12-6-13)1-2-8-10(9)15-4-3-14-8/h1-2H,3-5H2. The van der Waals surface area contributed by atoms with Crippen molar-refractivity contribution in [2.45, 2.75) is 6.54 Å². The number of aliphatic imine (C=N–C) groups is 1. The highest BCUT2D eigenvalue weighted by molar-refractivity contribution is 6.33. The number of rotatable bonds is 2. The molecule has 1 aromatic carbocycles. The van der Waals surface area contributed by atoms with Crippen LogP contribution in [0, 0.1) is 0 Å². The first-order valence-corrected chi connectivity index (χ1v) is 4.81. The Labute approximate surface area is 91.5 Å². The first-order chi connectivity index (χ1) is 7.33. The van der Waals surface area contributed by atoms with Gasteiger partial charge in [0.2, 0.25) is 6.08 Å². The SMILES string of the molecule is O=C=NCc1ccc2c(c1Cl)OCCO2. The lowest BCUT2D eigenvalue weighted by Gasteiger charge is -2.20. The zero-order chi connectivity index (χ0) is 10.7. The molecule has 0 radical (unpaired) electrons. The van der Waals surface area contributed by atoms with Crippen molar-refractivity contribution >= 4 is 17.7 Å². The van der Waals surface area contributed by atoms with E-state index in [1.54, 1.807) is 12.1 Å². The molecule has 1 aromatic rings. The average molecular weight is 226 g/mol. The van der Waals surface area contributed by atoms with E-state index in [0.29, 0.717) is 29.7 Å². The number of fused-ring (bicyclic) bond motifs is 1. The van der Waals surface area contributed by atoms with Crippen molar-refractivity contribution in [3.63, 3.8) is 0 Å². The number of carbonyl (C=O) groups excluding carboxylic acids is 1. The van der Waals surface area contributed by atoms with Crippen LogP contribution in [-0.4, -0.2) is 19.3 Å². The van der Waals surface area contributed by atoms with Crippen molar-refractivity contribution in [3.8, 4) is 11.5 Å². The lowest BCUT2D eigenvalue weighted by Crippen LogP contribution is -2.15. The highest BCUT2D eigenvalue weighted by atomic mass is 35.5. The van der Waals surface area contributed by atoms with Gasteiger partial charge >= 0.3 is 0 Å². The normalized spacial score (nSPS) is 13.1. The second-order valence-electron chi connectivity index (χ2n) is 2.97. The molecule has 15 heavy (non-hydrogen) atoms. The monoisotopic (exact) mass is 225 g/mol.